The van der Waals surface area contributed by atoms with E-state index in [1.54, 1.807) is 12.1 Å². The maximum absolute atomic E-state index is 12.0. The number of unbranched alkanes of at least 4 members (excludes halogenated alkanes) is 1. The topological polar surface area (TPSA) is 63.7 Å². The number of anilines is 1. The Bertz CT molecular complexity index is 615. The van der Waals surface area contributed by atoms with E-state index >= 15 is 0 Å². The Morgan fingerprint density at radius 3 is 2.67 bits per heavy atom. The maximum Gasteiger partial charge on any atom is 0.326 e. The minimum atomic E-state index is -0.712. The predicted octanol–water partition coefficient (Wildman–Crippen LogP) is 3.08. The van der Waals surface area contributed by atoms with Crippen LogP contribution in [0.15, 0.2) is 21.1 Å². The van der Waals surface area contributed by atoms with Crippen molar-refractivity contribution in [3.63, 3.8) is 0 Å². The number of carbonyl (C=O) groups excluding carboxylic acids is 3. The summed E-state index contributed by atoms with van der Waals surface area (Å²) >= 11 is 6.59. The Labute approximate surface area is 138 Å². The van der Waals surface area contributed by atoms with Gasteiger partial charge in [-0.15, -0.1) is 0 Å². The molecule has 1 aliphatic heterocycles. The molecule has 1 aromatic carbocycles. The van der Waals surface area contributed by atoms with Crippen molar-refractivity contribution in [2.24, 2.45) is 0 Å². The molecule has 7 heteroatoms. The lowest BCUT2D eigenvalue weighted by molar-refractivity contribution is -0.142. The number of esters is 1. The van der Waals surface area contributed by atoms with Crippen molar-refractivity contribution < 1.29 is 19.1 Å². The monoisotopic (exact) mass is 417 g/mol. The highest BCUT2D eigenvalue weighted by molar-refractivity contribution is 9.11. The molecule has 0 bridgehead atoms. The van der Waals surface area contributed by atoms with E-state index in [1.165, 1.54) is 0 Å². The lowest BCUT2D eigenvalue weighted by Crippen LogP contribution is -2.35. The lowest BCUT2D eigenvalue weighted by atomic mass is 10.1. The van der Waals surface area contributed by atoms with Crippen molar-refractivity contribution in [1.29, 1.82) is 0 Å². The number of halogens is 2. The summed E-state index contributed by atoms with van der Waals surface area (Å²) in [5.41, 5.74) is 0.697. The first-order valence-electron chi connectivity index (χ1n) is 6.46. The lowest BCUT2D eigenvalue weighted by Gasteiger charge is -2.17. The number of ketones is 1. The average molecular weight is 419 g/mol. The highest BCUT2D eigenvalue weighted by Gasteiger charge is 2.38. The van der Waals surface area contributed by atoms with Gasteiger partial charge in [0.1, 0.15) is 6.54 Å². The van der Waals surface area contributed by atoms with Crippen LogP contribution in [-0.4, -0.2) is 30.8 Å². The first-order chi connectivity index (χ1) is 9.95. The molecular weight excluding hydrogens is 406 g/mol. The van der Waals surface area contributed by atoms with E-state index in [-0.39, 0.29) is 12.1 Å². The Morgan fingerprint density at radius 2 is 2.00 bits per heavy atom. The van der Waals surface area contributed by atoms with E-state index in [9.17, 15) is 14.4 Å². The van der Waals surface area contributed by atoms with E-state index in [0.29, 0.717) is 21.2 Å². The molecule has 0 unspecified atom stereocenters. The number of fused-ring (bicyclic) bond motifs is 1. The molecule has 0 saturated carbocycles. The van der Waals surface area contributed by atoms with Crippen LogP contribution in [-0.2, 0) is 14.3 Å². The fourth-order valence-corrected chi connectivity index (χ4v) is 3.45. The van der Waals surface area contributed by atoms with Crippen LogP contribution < -0.4 is 4.90 Å². The van der Waals surface area contributed by atoms with Crippen molar-refractivity contribution in [2.75, 3.05) is 18.1 Å². The second kappa shape index (κ2) is 6.70. The van der Waals surface area contributed by atoms with Crippen molar-refractivity contribution in [3.8, 4) is 0 Å². The molecule has 1 amide bonds. The highest BCUT2D eigenvalue weighted by Crippen LogP contribution is 2.38. The van der Waals surface area contributed by atoms with Gasteiger partial charge in [-0.1, -0.05) is 29.3 Å². The quantitative estimate of drug-likeness (QED) is 0.418. The molecule has 21 heavy (non-hydrogen) atoms. The first kappa shape index (κ1) is 16.2. The van der Waals surface area contributed by atoms with Crippen LogP contribution in [0.4, 0.5) is 5.69 Å². The number of Topliss-reactive ketones (excluding diaryl/α,β-unsaturated/α-hetero) is 1. The van der Waals surface area contributed by atoms with Crippen LogP contribution in [0.2, 0.25) is 0 Å². The van der Waals surface area contributed by atoms with Gasteiger partial charge in [0.05, 0.1) is 17.9 Å². The van der Waals surface area contributed by atoms with E-state index in [4.69, 9.17) is 4.74 Å². The van der Waals surface area contributed by atoms with Crippen LogP contribution in [0.1, 0.15) is 30.1 Å². The van der Waals surface area contributed by atoms with E-state index in [1.807, 2.05) is 6.92 Å². The van der Waals surface area contributed by atoms with Crippen LogP contribution in [0.25, 0.3) is 0 Å². The minimum Gasteiger partial charge on any atom is -0.464 e. The number of hydrogen-bond acceptors (Lipinski definition) is 4. The van der Waals surface area contributed by atoms with Gasteiger partial charge in [0, 0.05) is 8.95 Å². The normalized spacial score (nSPS) is 13.6. The minimum absolute atomic E-state index is 0.262. The summed E-state index contributed by atoms with van der Waals surface area (Å²) in [4.78, 5) is 36.9. The Morgan fingerprint density at radius 1 is 1.29 bits per heavy atom. The SMILES string of the molecule is CCCCOC(=O)CN1C(=O)C(=O)c2cc(Br)cc(Br)c21. The molecule has 0 spiro atoms. The van der Waals surface area contributed by atoms with Gasteiger partial charge >= 0.3 is 5.97 Å². The molecule has 0 saturated heterocycles. The standard InChI is InChI=1S/C14H13Br2NO4/c1-2-3-4-21-11(18)7-17-12-9(13(19)14(17)20)5-8(15)6-10(12)16/h5-6H,2-4,7H2,1H3. The molecule has 0 radical (unpaired) electrons. The Hall–Kier alpha value is -1.21. The second-order valence-corrected chi connectivity index (χ2v) is 6.35. The van der Waals surface area contributed by atoms with E-state index < -0.39 is 17.7 Å². The van der Waals surface area contributed by atoms with Crippen molar-refractivity contribution >= 4 is 55.2 Å². The summed E-state index contributed by atoms with van der Waals surface area (Å²) < 4.78 is 6.30. The number of amides is 1. The van der Waals surface area contributed by atoms with Gasteiger partial charge in [-0.3, -0.25) is 19.3 Å². The van der Waals surface area contributed by atoms with Crippen molar-refractivity contribution in [2.45, 2.75) is 19.8 Å². The molecule has 5 nitrogen and oxygen atoms in total. The zero-order valence-electron chi connectivity index (χ0n) is 11.3. The number of ether oxygens (including phenoxy) is 1. The number of rotatable bonds is 5. The zero-order chi connectivity index (χ0) is 15.6. The predicted molar refractivity (Wildman–Crippen MR) is 84.4 cm³/mol. The van der Waals surface area contributed by atoms with E-state index in [2.05, 4.69) is 31.9 Å². The Kier molecular flexibility index (Phi) is 5.16. The molecule has 0 aliphatic carbocycles. The average Bonchev–Trinajstić information content (AvgIpc) is 2.64. The molecule has 0 fully saturated rings. The van der Waals surface area contributed by atoms with Crippen LogP contribution in [0.5, 0.6) is 0 Å². The second-order valence-electron chi connectivity index (χ2n) is 4.58. The van der Waals surface area contributed by atoms with Gasteiger partial charge < -0.3 is 4.74 Å². The van der Waals surface area contributed by atoms with Gasteiger partial charge in [-0.2, -0.15) is 0 Å². The van der Waals surface area contributed by atoms with Gasteiger partial charge in [0.15, 0.2) is 0 Å². The van der Waals surface area contributed by atoms with Crippen molar-refractivity contribution in [3.05, 3.63) is 26.6 Å². The number of benzene rings is 1. The number of nitrogens with zero attached hydrogens (tertiary/aromatic N) is 1. The molecular formula is C14H13Br2NO4. The van der Waals surface area contributed by atoms with Crippen LogP contribution >= 0.6 is 31.9 Å². The first-order valence-corrected chi connectivity index (χ1v) is 8.05. The highest BCUT2D eigenvalue weighted by atomic mass is 79.9. The van der Waals surface area contributed by atoms with Crippen molar-refractivity contribution in [1.82, 2.24) is 0 Å². The summed E-state index contributed by atoms with van der Waals surface area (Å²) in [5.74, 6) is -1.85. The summed E-state index contributed by atoms with van der Waals surface area (Å²) in [6.07, 6.45) is 1.68. The summed E-state index contributed by atoms with van der Waals surface area (Å²) in [7, 11) is 0. The maximum atomic E-state index is 12.0. The molecule has 0 N–H and O–H groups in total. The summed E-state index contributed by atoms with van der Waals surface area (Å²) in [6.45, 7) is 2.04. The van der Waals surface area contributed by atoms with Crippen LogP contribution in [0, 0.1) is 0 Å². The molecule has 1 heterocycles. The summed E-state index contributed by atoms with van der Waals surface area (Å²) in [6, 6.07) is 3.29. The fraction of sp³-hybridized carbons (Fsp3) is 0.357. The molecule has 1 aromatic rings. The molecule has 2 rings (SSSR count). The smallest absolute Gasteiger partial charge is 0.326 e. The van der Waals surface area contributed by atoms with E-state index in [0.717, 1.165) is 17.7 Å². The third kappa shape index (κ3) is 3.35. The molecule has 0 aromatic heterocycles. The zero-order valence-corrected chi connectivity index (χ0v) is 14.5. The molecule has 0 atom stereocenters. The third-order valence-corrected chi connectivity index (χ3v) is 4.09. The van der Waals surface area contributed by atoms with Gasteiger partial charge in [0.2, 0.25) is 0 Å². The van der Waals surface area contributed by atoms with Gasteiger partial charge in [-0.25, -0.2) is 0 Å². The fourth-order valence-electron chi connectivity index (χ4n) is 2.01. The largest absolute Gasteiger partial charge is 0.464 e. The van der Waals surface area contributed by atoms with Gasteiger partial charge in [-0.05, 0) is 34.5 Å². The number of carbonyl (C=O) groups is 3. The van der Waals surface area contributed by atoms with Gasteiger partial charge in [0.25, 0.3) is 11.7 Å². The number of hydrogen-bond donors (Lipinski definition) is 0. The third-order valence-electron chi connectivity index (χ3n) is 3.03. The summed E-state index contributed by atoms with van der Waals surface area (Å²) in [5, 5.41) is 0. The Balaban J connectivity index is 2.21. The molecule has 1 aliphatic rings. The van der Waals surface area contributed by atoms with Crippen LogP contribution in [0.3, 0.4) is 0 Å². The molecule has 112 valence electrons.